The van der Waals surface area contributed by atoms with Crippen molar-refractivity contribution in [1.82, 2.24) is 4.90 Å². The first kappa shape index (κ1) is 8.24. The van der Waals surface area contributed by atoms with Gasteiger partial charge in [-0.05, 0) is 12.6 Å². The molecule has 60 valence electrons. The summed E-state index contributed by atoms with van der Waals surface area (Å²) in [5.41, 5.74) is 6.75. The maximum Gasteiger partial charge on any atom is 0.0455 e. The Morgan fingerprint density at radius 3 is 2.45 bits per heavy atom. The monoisotopic (exact) mass is 150 g/mol. The van der Waals surface area contributed by atoms with E-state index in [9.17, 15) is 0 Å². The van der Waals surface area contributed by atoms with Gasteiger partial charge in [-0.3, -0.25) is 4.90 Å². The normalized spacial score (nSPS) is 10.5. The molecule has 0 aromatic heterocycles. The van der Waals surface area contributed by atoms with Gasteiger partial charge in [0.2, 0.25) is 0 Å². The van der Waals surface area contributed by atoms with Crippen molar-refractivity contribution < 1.29 is 0 Å². The molecule has 2 heteroatoms. The lowest BCUT2D eigenvalue weighted by molar-refractivity contribution is 0.337. The molecule has 0 amide bonds. The van der Waals surface area contributed by atoms with E-state index in [1.165, 1.54) is 5.56 Å². The lowest BCUT2D eigenvalue weighted by Crippen LogP contribution is -2.24. The third-order valence-corrected chi connectivity index (χ3v) is 1.61. The van der Waals surface area contributed by atoms with Crippen LogP contribution in [0.3, 0.4) is 0 Å². The summed E-state index contributed by atoms with van der Waals surface area (Å²) in [4.78, 5) is 2.06. The van der Waals surface area contributed by atoms with Gasteiger partial charge in [0.1, 0.15) is 0 Å². The average Bonchev–Trinajstić information content (AvgIpc) is 2.06. The molecule has 11 heavy (non-hydrogen) atoms. The Kier molecular flexibility index (Phi) is 3.08. The van der Waals surface area contributed by atoms with Crippen LogP contribution in [0.25, 0.3) is 0 Å². The Morgan fingerprint density at radius 2 is 1.91 bits per heavy atom. The van der Waals surface area contributed by atoms with Gasteiger partial charge in [-0.25, -0.2) is 0 Å². The van der Waals surface area contributed by atoms with E-state index in [2.05, 4.69) is 17.0 Å². The van der Waals surface area contributed by atoms with Crippen LogP contribution in [0.4, 0.5) is 0 Å². The Morgan fingerprint density at radius 1 is 1.27 bits per heavy atom. The molecule has 0 aliphatic rings. The second kappa shape index (κ2) is 4.11. The summed E-state index contributed by atoms with van der Waals surface area (Å²) in [6.07, 6.45) is 0. The lowest BCUT2D eigenvalue weighted by Gasteiger charge is -2.12. The zero-order valence-corrected chi connectivity index (χ0v) is 6.83. The highest BCUT2D eigenvalue weighted by molar-refractivity contribution is 5.14. The van der Waals surface area contributed by atoms with Crippen molar-refractivity contribution in [3.8, 4) is 0 Å². The van der Waals surface area contributed by atoms with Gasteiger partial charge in [0.25, 0.3) is 0 Å². The molecule has 2 N–H and O–H groups in total. The molecule has 0 aliphatic carbocycles. The van der Waals surface area contributed by atoms with Crippen LogP contribution >= 0.6 is 0 Å². The minimum Gasteiger partial charge on any atom is -0.318 e. The molecule has 0 saturated heterocycles. The second-order valence-electron chi connectivity index (χ2n) is 2.68. The van der Waals surface area contributed by atoms with Crippen LogP contribution in [0.1, 0.15) is 5.56 Å². The van der Waals surface area contributed by atoms with Crippen molar-refractivity contribution in [2.24, 2.45) is 5.73 Å². The van der Waals surface area contributed by atoms with Gasteiger partial charge in [0.15, 0.2) is 0 Å². The zero-order valence-electron chi connectivity index (χ0n) is 6.83. The summed E-state index contributed by atoms with van der Waals surface area (Å²) in [6.45, 7) is 1.53. The largest absolute Gasteiger partial charge is 0.318 e. The first-order valence-corrected chi connectivity index (χ1v) is 3.75. The van der Waals surface area contributed by atoms with E-state index in [0.29, 0.717) is 6.67 Å². The summed E-state index contributed by atoms with van der Waals surface area (Å²) in [6, 6.07) is 10.3. The zero-order chi connectivity index (χ0) is 8.10. The molecule has 1 aromatic rings. The van der Waals surface area contributed by atoms with E-state index in [4.69, 9.17) is 5.73 Å². The molecule has 0 heterocycles. The third kappa shape index (κ3) is 2.70. The smallest absolute Gasteiger partial charge is 0.0455 e. The first-order chi connectivity index (χ1) is 5.33. The van der Waals surface area contributed by atoms with Crippen LogP contribution in [0.2, 0.25) is 0 Å². The second-order valence-corrected chi connectivity index (χ2v) is 2.68. The summed E-state index contributed by atoms with van der Waals surface area (Å²) < 4.78 is 0. The summed E-state index contributed by atoms with van der Waals surface area (Å²) in [7, 11) is 2.01. The highest BCUT2D eigenvalue weighted by Crippen LogP contribution is 2.00. The summed E-state index contributed by atoms with van der Waals surface area (Å²) in [5, 5.41) is 0. The molecule has 2 nitrogen and oxygen atoms in total. The van der Waals surface area contributed by atoms with Gasteiger partial charge in [0.05, 0.1) is 0 Å². The van der Waals surface area contributed by atoms with E-state index in [-0.39, 0.29) is 0 Å². The van der Waals surface area contributed by atoms with Crippen LogP contribution in [0, 0.1) is 0 Å². The van der Waals surface area contributed by atoms with Crippen molar-refractivity contribution in [2.45, 2.75) is 6.54 Å². The number of benzene rings is 1. The molecular weight excluding hydrogens is 136 g/mol. The van der Waals surface area contributed by atoms with Crippen LogP contribution in [-0.2, 0) is 6.54 Å². The fourth-order valence-corrected chi connectivity index (χ4v) is 0.960. The topological polar surface area (TPSA) is 29.3 Å². The van der Waals surface area contributed by atoms with Gasteiger partial charge in [-0.1, -0.05) is 30.3 Å². The van der Waals surface area contributed by atoms with Crippen molar-refractivity contribution in [3.05, 3.63) is 35.9 Å². The molecule has 1 rings (SSSR count). The molecule has 0 saturated carbocycles. The summed E-state index contributed by atoms with van der Waals surface area (Å²) >= 11 is 0. The van der Waals surface area contributed by atoms with E-state index < -0.39 is 0 Å². The van der Waals surface area contributed by atoms with Crippen molar-refractivity contribution in [3.63, 3.8) is 0 Å². The van der Waals surface area contributed by atoms with Crippen LogP contribution in [-0.4, -0.2) is 18.6 Å². The fraction of sp³-hybridized carbons (Fsp3) is 0.333. The van der Waals surface area contributed by atoms with Crippen LogP contribution in [0.15, 0.2) is 30.3 Å². The van der Waals surface area contributed by atoms with Gasteiger partial charge in [-0.2, -0.15) is 0 Å². The van der Waals surface area contributed by atoms with E-state index in [1.807, 2.05) is 25.2 Å². The van der Waals surface area contributed by atoms with Gasteiger partial charge in [0, 0.05) is 13.2 Å². The van der Waals surface area contributed by atoms with Crippen molar-refractivity contribution in [1.29, 1.82) is 0 Å². The van der Waals surface area contributed by atoms with Crippen LogP contribution in [0.5, 0.6) is 0 Å². The molecule has 0 spiro atoms. The number of hydrogen-bond acceptors (Lipinski definition) is 2. The molecule has 0 fully saturated rings. The fourth-order valence-electron chi connectivity index (χ4n) is 0.960. The standard InChI is InChI=1S/C9H14N2/c1-11(8-10)7-9-5-3-2-4-6-9/h2-6H,7-8,10H2,1H3. The number of hydrogen-bond donors (Lipinski definition) is 1. The van der Waals surface area contributed by atoms with Gasteiger partial charge in [-0.15, -0.1) is 0 Å². The molecule has 0 atom stereocenters. The lowest BCUT2D eigenvalue weighted by atomic mass is 10.2. The number of rotatable bonds is 3. The number of nitrogens with two attached hydrogens (primary N) is 1. The number of nitrogens with zero attached hydrogens (tertiary/aromatic N) is 1. The van der Waals surface area contributed by atoms with E-state index in [0.717, 1.165) is 6.54 Å². The molecule has 0 aliphatic heterocycles. The minimum absolute atomic E-state index is 0.606. The van der Waals surface area contributed by atoms with E-state index >= 15 is 0 Å². The van der Waals surface area contributed by atoms with Crippen molar-refractivity contribution in [2.75, 3.05) is 13.7 Å². The SMILES string of the molecule is CN(CN)Cc1ccccc1. The van der Waals surface area contributed by atoms with Gasteiger partial charge < -0.3 is 5.73 Å². The van der Waals surface area contributed by atoms with E-state index in [1.54, 1.807) is 0 Å². The van der Waals surface area contributed by atoms with Crippen molar-refractivity contribution >= 4 is 0 Å². The first-order valence-electron chi connectivity index (χ1n) is 3.75. The average molecular weight is 150 g/mol. The highest BCUT2D eigenvalue weighted by atomic mass is 15.1. The Labute approximate surface area is 67.6 Å². The van der Waals surface area contributed by atoms with Crippen LogP contribution < -0.4 is 5.73 Å². The molecule has 0 bridgehead atoms. The maximum atomic E-state index is 5.45. The quantitative estimate of drug-likeness (QED) is 0.652. The Bertz CT molecular complexity index is 196. The van der Waals surface area contributed by atoms with Gasteiger partial charge >= 0.3 is 0 Å². The molecule has 0 radical (unpaired) electrons. The highest BCUT2D eigenvalue weighted by Gasteiger charge is 1.94. The predicted octanol–water partition coefficient (Wildman–Crippen LogP) is 1.03. The molecule has 1 aromatic carbocycles. The predicted molar refractivity (Wildman–Crippen MR) is 47.0 cm³/mol. The summed E-state index contributed by atoms with van der Waals surface area (Å²) in [5.74, 6) is 0. The minimum atomic E-state index is 0.606. The molecular formula is C9H14N2. The Hall–Kier alpha value is -0.860. The third-order valence-electron chi connectivity index (χ3n) is 1.61. The maximum absolute atomic E-state index is 5.45. The molecule has 0 unspecified atom stereocenters. The Balaban J connectivity index is 2.51.